The van der Waals surface area contributed by atoms with Crippen molar-refractivity contribution in [3.8, 4) is 0 Å². The molecule has 3 unspecified atom stereocenters. The molecule has 1 aromatic carbocycles. The van der Waals surface area contributed by atoms with Crippen molar-refractivity contribution in [2.24, 2.45) is 5.73 Å². The average Bonchev–Trinajstić information content (AvgIpc) is 3.34. The van der Waals surface area contributed by atoms with E-state index in [1.807, 2.05) is 0 Å². The van der Waals surface area contributed by atoms with Gasteiger partial charge in [-0.2, -0.15) is 0 Å². The summed E-state index contributed by atoms with van der Waals surface area (Å²) in [5, 5.41) is 25.4. The number of carbonyl (C=O) groups is 4. The summed E-state index contributed by atoms with van der Waals surface area (Å²) in [6.45, 7) is 1.80. The van der Waals surface area contributed by atoms with Crippen LogP contribution in [0.15, 0.2) is 41.9 Å². The smallest absolute Gasteiger partial charge is 0.352 e. The number of aliphatic carboxylic acids is 1. The summed E-state index contributed by atoms with van der Waals surface area (Å²) in [5.74, 6) is -1.96. The number of carboxylic acids is 1. The highest BCUT2D eigenvalue weighted by Crippen LogP contribution is 2.42. The summed E-state index contributed by atoms with van der Waals surface area (Å²) in [4.78, 5) is 49.3. The third-order valence-electron chi connectivity index (χ3n) is 5.35. The summed E-state index contributed by atoms with van der Waals surface area (Å²) in [7, 11) is 0. The van der Waals surface area contributed by atoms with E-state index in [9.17, 15) is 24.3 Å². The maximum Gasteiger partial charge on any atom is 0.352 e. The molecule has 178 valence electrons. The van der Waals surface area contributed by atoms with Gasteiger partial charge in [0.2, 0.25) is 12.3 Å². The van der Waals surface area contributed by atoms with Crippen LogP contribution >= 0.6 is 23.7 Å². The molecule has 3 amide bonds. The first kappa shape index (κ1) is 23.7. The number of hydrogen-bond acceptors (Lipinski definition) is 10. The Hall–Kier alpha value is -3.43. The predicted molar refractivity (Wildman–Crippen MR) is 123 cm³/mol. The summed E-state index contributed by atoms with van der Waals surface area (Å²) in [6, 6.07) is 4.46. The van der Waals surface area contributed by atoms with Crippen LogP contribution < -0.4 is 16.4 Å². The molecule has 34 heavy (non-hydrogen) atoms. The van der Waals surface area contributed by atoms with Gasteiger partial charge in [-0.25, -0.2) is 4.79 Å². The summed E-state index contributed by atoms with van der Waals surface area (Å²) < 4.78 is 1.28. The number of nitrogens with one attached hydrogen (secondary N) is 2. The van der Waals surface area contributed by atoms with Crippen LogP contribution in [0.4, 0.5) is 5.69 Å². The molecule has 13 nitrogen and oxygen atoms in total. The van der Waals surface area contributed by atoms with Gasteiger partial charge >= 0.3 is 5.97 Å². The van der Waals surface area contributed by atoms with E-state index in [1.165, 1.54) is 39.1 Å². The normalized spacial score (nSPS) is 21.2. The van der Waals surface area contributed by atoms with E-state index in [1.54, 1.807) is 31.2 Å². The first-order chi connectivity index (χ1) is 16.3. The van der Waals surface area contributed by atoms with Crippen molar-refractivity contribution in [3.63, 3.8) is 0 Å². The molecule has 0 saturated carbocycles. The van der Waals surface area contributed by atoms with E-state index >= 15 is 0 Å². The topological polar surface area (TPSA) is 185 Å². The number of hydrogen-bond donors (Lipinski definition) is 4. The average molecular weight is 505 g/mol. The number of thioether (sulfide) groups is 1. The minimum absolute atomic E-state index is 0.0954. The Morgan fingerprint density at radius 1 is 1.35 bits per heavy atom. The van der Waals surface area contributed by atoms with E-state index < -0.39 is 35.2 Å². The van der Waals surface area contributed by atoms with E-state index in [4.69, 9.17) is 5.73 Å². The Kier molecular flexibility index (Phi) is 6.85. The van der Waals surface area contributed by atoms with Crippen molar-refractivity contribution in [2.75, 3.05) is 11.1 Å². The lowest BCUT2D eigenvalue weighted by Gasteiger charge is -2.50. The largest absolute Gasteiger partial charge is 0.477 e. The minimum atomic E-state index is -1.22. The van der Waals surface area contributed by atoms with Crippen molar-refractivity contribution in [1.82, 2.24) is 29.8 Å². The molecule has 0 bridgehead atoms. The van der Waals surface area contributed by atoms with Crippen LogP contribution in [0.1, 0.15) is 18.5 Å². The van der Waals surface area contributed by atoms with Crippen molar-refractivity contribution >= 4 is 53.6 Å². The third kappa shape index (κ3) is 4.49. The van der Waals surface area contributed by atoms with Crippen molar-refractivity contribution in [3.05, 3.63) is 47.4 Å². The molecule has 3 heterocycles. The highest BCUT2D eigenvalue weighted by atomic mass is 32.2. The van der Waals surface area contributed by atoms with Gasteiger partial charge in [0.1, 0.15) is 23.2 Å². The Labute approximate surface area is 201 Å². The van der Waals surface area contributed by atoms with E-state index in [-0.39, 0.29) is 10.9 Å². The van der Waals surface area contributed by atoms with Gasteiger partial charge in [0.05, 0.1) is 0 Å². The molecule has 5 N–H and O–H groups in total. The Bertz CT molecular complexity index is 1140. The summed E-state index contributed by atoms with van der Waals surface area (Å²) >= 11 is 2.53. The first-order valence-corrected chi connectivity index (χ1v) is 11.9. The standard InChI is InChI=1S/C19H20N8O5S2/c1-9(34-27-23-7-22-25-27)12-6-33-18-14(17(30)26(18)15(12)19(31)32)24-16(29)13(20)10-2-4-11(5-3-10)21-8-28/h2-5,7-9,13-14,18H,6,20H2,1H3,(H,21,28)(H,24,29)(H,31,32)/t9?,13?,14?,18-/m0/s1. The highest BCUT2D eigenvalue weighted by Gasteiger charge is 2.54. The van der Waals surface area contributed by atoms with Crippen LogP contribution in [0.2, 0.25) is 0 Å². The number of nitrogens with two attached hydrogens (primary N) is 1. The molecule has 4 atom stereocenters. The lowest BCUT2D eigenvalue weighted by molar-refractivity contribution is -0.150. The number of benzene rings is 1. The summed E-state index contributed by atoms with van der Waals surface area (Å²) in [6.07, 6.45) is 1.80. The molecule has 0 aliphatic carbocycles. The molecule has 1 aromatic heterocycles. The zero-order chi connectivity index (χ0) is 24.4. The third-order valence-corrected chi connectivity index (χ3v) is 7.61. The molecule has 1 fully saturated rings. The van der Waals surface area contributed by atoms with Gasteiger partial charge < -0.3 is 21.5 Å². The molecule has 0 radical (unpaired) electrons. The molecule has 1 saturated heterocycles. The molecule has 15 heteroatoms. The number of carbonyl (C=O) groups excluding carboxylic acids is 3. The fraction of sp³-hybridized carbons (Fsp3) is 0.316. The number of fused-ring (bicyclic) bond motifs is 1. The number of amides is 3. The van der Waals surface area contributed by atoms with Crippen LogP contribution in [-0.2, 0) is 19.2 Å². The van der Waals surface area contributed by atoms with Crippen LogP contribution in [-0.4, -0.2) is 76.2 Å². The number of aromatic nitrogens is 4. The van der Waals surface area contributed by atoms with Gasteiger partial charge in [0, 0.05) is 28.6 Å². The van der Waals surface area contributed by atoms with Crippen LogP contribution in [0.25, 0.3) is 0 Å². The maximum atomic E-state index is 12.9. The minimum Gasteiger partial charge on any atom is -0.477 e. The fourth-order valence-electron chi connectivity index (χ4n) is 3.61. The second-order valence-electron chi connectivity index (χ2n) is 7.37. The fourth-order valence-corrected chi connectivity index (χ4v) is 5.98. The van der Waals surface area contributed by atoms with Gasteiger partial charge in [-0.1, -0.05) is 12.1 Å². The van der Waals surface area contributed by atoms with E-state index in [0.29, 0.717) is 29.0 Å². The van der Waals surface area contributed by atoms with Crippen molar-refractivity contribution in [2.45, 2.75) is 29.6 Å². The SMILES string of the molecule is CC(Sn1ncnn1)C1=C(C(=O)O)N2C(=O)C(NC(=O)C(N)c3ccc(NC=O)cc3)[C@@H]2SC1. The number of carboxylic acid groups (broad SMARTS) is 1. The van der Waals surface area contributed by atoms with Gasteiger partial charge in [-0.15, -0.1) is 26.2 Å². The Balaban J connectivity index is 1.46. The van der Waals surface area contributed by atoms with Gasteiger partial charge in [-0.05, 0) is 35.4 Å². The molecule has 2 aliphatic rings. The van der Waals surface area contributed by atoms with Crippen molar-refractivity contribution in [1.29, 1.82) is 0 Å². The molecule has 2 aromatic rings. The van der Waals surface area contributed by atoms with Gasteiger partial charge in [0.25, 0.3) is 5.91 Å². The number of tetrazole rings is 1. The zero-order valence-electron chi connectivity index (χ0n) is 17.7. The summed E-state index contributed by atoms with van der Waals surface area (Å²) in [5.41, 5.74) is 7.54. The Morgan fingerprint density at radius 3 is 2.71 bits per heavy atom. The lowest BCUT2D eigenvalue weighted by Crippen LogP contribution is -2.71. The number of rotatable bonds is 9. The van der Waals surface area contributed by atoms with Crippen molar-refractivity contribution < 1.29 is 24.3 Å². The number of nitrogens with zero attached hydrogens (tertiary/aromatic N) is 5. The lowest BCUT2D eigenvalue weighted by atomic mass is 10.0. The molecule has 4 rings (SSSR count). The second kappa shape index (κ2) is 9.82. The maximum absolute atomic E-state index is 12.9. The number of β-lactam (4-membered cyclic amide) rings is 1. The van der Waals surface area contributed by atoms with E-state index in [2.05, 4.69) is 26.0 Å². The van der Waals surface area contributed by atoms with Gasteiger partial charge in [-0.3, -0.25) is 19.3 Å². The molecular formula is C19H20N8O5S2. The monoisotopic (exact) mass is 504 g/mol. The molecule has 2 aliphatic heterocycles. The Morgan fingerprint density at radius 2 is 2.09 bits per heavy atom. The highest BCUT2D eigenvalue weighted by molar-refractivity contribution is 8.00. The number of anilines is 1. The van der Waals surface area contributed by atoms with E-state index in [0.717, 1.165) is 0 Å². The molecule has 0 spiro atoms. The predicted octanol–water partition coefficient (Wildman–Crippen LogP) is -0.435. The second-order valence-corrected chi connectivity index (χ2v) is 9.72. The zero-order valence-corrected chi connectivity index (χ0v) is 19.3. The van der Waals surface area contributed by atoms with Gasteiger partial charge in [0.15, 0.2) is 6.33 Å². The van der Waals surface area contributed by atoms with Crippen LogP contribution in [0, 0.1) is 0 Å². The quantitative estimate of drug-likeness (QED) is 0.256. The van der Waals surface area contributed by atoms with Crippen LogP contribution in [0.5, 0.6) is 0 Å². The first-order valence-electron chi connectivity index (χ1n) is 9.99. The molecular weight excluding hydrogens is 484 g/mol. The van der Waals surface area contributed by atoms with Crippen LogP contribution in [0.3, 0.4) is 0 Å².